The lowest BCUT2D eigenvalue weighted by atomic mass is 9.70. The van der Waals surface area contributed by atoms with Crippen LogP contribution in [-0.4, -0.2) is 0 Å². The van der Waals surface area contributed by atoms with Crippen LogP contribution < -0.4 is 4.90 Å². The van der Waals surface area contributed by atoms with E-state index in [9.17, 15) is 0 Å². The summed E-state index contributed by atoms with van der Waals surface area (Å²) in [4.78, 5) is 2.50. The van der Waals surface area contributed by atoms with Crippen LogP contribution in [0.1, 0.15) is 22.3 Å². The Kier molecular flexibility index (Phi) is 8.47. The minimum atomic E-state index is -0.441. The van der Waals surface area contributed by atoms with Crippen molar-refractivity contribution in [3.63, 3.8) is 0 Å². The number of benzene rings is 10. The van der Waals surface area contributed by atoms with Gasteiger partial charge in [-0.25, -0.2) is 0 Å². The number of hydrogen-bond donors (Lipinski definition) is 0. The molecule has 0 aromatic heterocycles. The summed E-state index contributed by atoms with van der Waals surface area (Å²) >= 11 is 0. The van der Waals surface area contributed by atoms with Gasteiger partial charge in [0.1, 0.15) is 0 Å². The molecule has 0 unspecified atom stereocenters. The molecule has 62 heavy (non-hydrogen) atoms. The molecule has 10 aromatic carbocycles. The highest BCUT2D eigenvalue weighted by Crippen LogP contribution is 2.64. The molecule has 0 aliphatic heterocycles. The number of fused-ring (bicyclic) bond motifs is 10. The van der Waals surface area contributed by atoms with Crippen molar-refractivity contribution in [3.05, 3.63) is 271 Å². The Balaban J connectivity index is 1.08. The molecule has 2 aliphatic carbocycles. The summed E-state index contributed by atoms with van der Waals surface area (Å²) in [6.07, 6.45) is 0. The van der Waals surface area contributed by atoms with Crippen LogP contribution in [-0.2, 0) is 5.41 Å². The molecule has 290 valence electrons. The van der Waals surface area contributed by atoms with Gasteiger partial charge in [-0.2, -0.15) is 0 Å². The van der Waals surface area contributed by atoms with Gasteiger partial charge in [-0.3, -0.25) is 0 Å². The second kappa shape index (κ2) is 14.6. The maximum Gasteiger partial charge on any atom is 0.0726 e. The molecule has 0 amide bonds. The van der Waals surface area contributed by atoms with E-state index in [1.54, 1.807) is 0 Å². The molecule has 1 spiro atoms. The van der Waals surface area contributed by atoms with Crippen molar-refractivity contribution < 1.29 is 0 Å². The number of para-hydroxylation sites is 1. The third kappa shape index (κ3) is 5.56. The zero-order chi connectivity index (χ0) is 41.0. The van der Waals surface area contributed by atoms with Crippen molar-refractivity contribution in [2.24, 2.45) is 0 Å². The Bertz CT molecular complexity index is 3170. The van der Waals surface area contributed by atoms with E-state index in [4.69, 9.17) is 0 Å². The third-order valence-corrected chi connectivity index (χ3v) is 13.1. The molecule has 0 atom stereocenters. The number of hydrogen-bond acceptors (Lipinski definition) is 1. The van der Waals surface area contributed by atoms with Crippen LogP contribution in [0.3, 0.4) is 0 Å². The fourth-order valence-corrected chi connectivity index (χ4v) is 10.4. The Labute approximate surface area is 363 Å². The standard InChI is InChI=1S/C61H41N/c1-4-19-42(20-5-1)46-39-47(43-21-6-2-7-22-43)41-48(40-46)44-35-37-49(38-36-44)62(58-33-17-13-25-50(58)45-23-8-3-9-24-45)59-34-18-32-57-60(59)53-28-12-16-31-56(53)61(57)54-29-14-10-26-51(54)52-27-11-15-30-55(52)61/h1-41H. The Morgan fingerprint density at radius 3 is 1.18 bits per heavy atom. The molecule has 0 radical (unpaired) electrons. The maximum absolute atomic E-state index is 2.50. The molecule has 0 heterocycles. The van der Waals surface area contributed by atoms with Crippen molar-refractivity contribution in [1.82, 2.24) is 0 Å². The van der Waals surface area contributed by atoms with Crippen molar-refractivity contribution in [2.75, 3.05) is 4.90 Å². The highest BCUT2D eigenvalue weighted by atomic mass is 15.1. The summed E-state index contributed by atoms with van der Waals surface area (Å²) in [6, 6.07) is 91.5. The second-order valence-corrected chi connectivity index (χ2v) is 16.4. The minimum absolute atomic E-state index is 0.441. The van der Waals surface area contributed by atoms with Gasteiger partial charge in [-0.1, -0.05) is 206 Å². The van der Waals surface area contributed by atoms with Crippen LogP contribution in [0, 0.1) is 0 Å². The maximum atomic E-state index is 2.50. The van der Waals surface area contributed by atoms with E-state index in [2.05, 4.69) is 254 Å². The molecule has 12 rings (SSSR count). The van der Waals surface area contributed by atoms with Crippen molar-refractivity contribution >= 4 is 17.1 Å². The monoisotopic (exact) mass is 787 g/mol. The highest BCUT2D eigenvalue weighted by molar-refractivity contribution is 6.02. The van der Waals surface area contributed by atoms with Crippen LogP contribution in [0.2, 0.25) is 0 Å². The van der Waals surface area contributed by atoms with E-state index < -0.39 is 5.41 Å². The molecule has 0 bridgehead atoms. The largest absolute Gasteiger partial charge is 0.309 e. The molecule has 0 saturated carbocycles. The van der Waals surface area contributed by atoms with Gasteiger partial charge in [-0.15, -0.1) is 0 Å². The summed E-state index contributed by atoms with van der Waals surface area (Å²) < 4.78 is 0. The van der Waals surface area contributed by atoms with Crippen LogP contribution >= 0.6 is 0 Å². The first-order chi connectivity index (χ1) is 30.8. The van der Waals surface area contributed by atoms with Gasteiger partial charge in [0.15, 0.2) is 0 Å². The zero-order valence-corrected chi connectivity index (χ0v) is 34.1. The summed E-state index contributed by atoms with van der Waals surface area (Å²) in [5.41, 5.74) is 23.0. The number of anilines is 3. The highest BCUT2D eigenvalue weighted by Gasteiger charge is 2.52. The summed E-state index contributed by atoms with van der Waals surface area (Å²) in [5, 5.41) is 0. The van der Waals surface area contributed by atoms with E-state index in [1.165, 1.54) is 89.0 Å². The molecule has 1 nitrogen and oxygen atoms in total. The normalized spacial score (nSPS) is 12.6. The smallest absolute Gasteiger partial charge is 0.0726 e. The van der Waals surface area contributed by atoms with Gasteiger partial charge >= 0.3 is 0 Å². The van der Waals surface area contributed by atoms with Crippen LogP contribution in [0.15, 0.2) is 249 Å². The Morgan fingerprint density at radius 2 is 0.629 bits per heavy atom. The van der Waals surface area contributed by atoms with E-state index in [0.717, 1.165) is 17.1 Å². The van der Waals surface area contributed by atoms with Crippen LogP contribution in [0.5, 0.6) is 0 Å². The summed E-state index contributed by atoms with van der Waals surface area (Å²) in [5.74, 6) is 0. The van der Waals surface area contributed by atoms with E-state index in [-0.39, 0.29) is 0 Å². The first kappa shape index (κ1) is 35.9. The number of rotatable bonds is 7. The van der Waals surface area contributed by atoms with Crippen LogP contribution in [0.25, 0.3) is 66.8 Å². The number of nitrogens with zero attached hydrogens (tertiary/aromatic N) is 1. The molecule has 0 N–H and O–H groups in total. The van der Waals surface area contributed by atoms with Crippen LogP contribution in [0.4, 0.5) is 17.1 Å². The lowest BCUT2D eigenvalue weighted by molar-refractivity contribution is 0.794. The first-order valence-electron chi connectivity index (χ1n) is 21.5. The Hall–Kier alpha value is -8.00. The van der Waals surface area contributed by atoms with Gasteiger partial charge in [0.2, 0.25) is 0 Å². The van der Waals surface area contributed by atoms with Crippen molar-refractivity contribution in [3.8, 4) is 66.8 Å². The van der Waals surface area contributed by atoms with E-state index in [0.29, 0.717) is 0 Å². The molecule has 0 fully saturated rings. The minimum Gasteiger partial charge on any atom is -0.309 e. The third-order valence-electron chi connectivity index (χ3n) is 13.1. The second-order valence-electron chi connectivity index (χ2n) is 16.4. The van der Waals surface area contributed by atoms with Gasteiger partial charge < -0.3 is 4.90 Å². The molecule has 2 aliphatic rings. The molecular weight excluding hydrogens is 747 g/mol. The fourth-order valence-electron chi connectivity index (χ4n) is 10.4. The van der Waals surface area contributed by atoms with Gasteiger partial charge in [0.25, 0.3) is 0 Å². The van der Waals surface area contributed by atoms with Gasteiger partial charge in [0, 0.05) is 16.8 Å². The topological polar surface area (TPSA) is 3.24 Å². The zero-order valence-electron chi connectivity index (χ0n) is 34.1. The van der Waals surface area contributed by atoms with Gasteiger partial charge in [0.05, 0.1) is 16.8 Å². The lowest BCUT2D eigenvalue weighted by Gasteiger charge is -2.32. The van der Waals surface area contributed by atoms with Gasteiger partial charge in [-0.05, 0) is 120 Å². The summed E-state index contributed by atoms with van der Waals surface area (Å²) in [6.45, 7) is 0. The quantitative estimate of drug-likeness (QED) is 0.155. The molecular formula is C61H41N. The average Bonchev–Trinajstić information content (AvgIpc) is 3.83. The predicted octanol–water partition coefficient (Wildman–Crippen LogP) is 16.2. The van der Waals surface area contributed by atoms with E-state index >= 15 is 0 Å². The van der Waals surface area contributed by atoms with Crippen molar-refractivity contribution in [1.29, 1.82) is 0 Å². The van der Waals surface area contributed by atoms with Crippen molar-refractivity contribution in [2.45, 2.75) is 5.41 Å². The first-order valence-corrected chi connectivity index (χ1v) is 21.5. The Morgan fingerprint density at radius 1 is 0.242 bits per heavy atom. The molecule has 1 heteroatoms. The lowest BCUT2D eigenvalue weighted by Crippen LogP contribution is -2.26. The average molecular weight is 788 g/mol. The SMILES string of the molecule is c1ccc(-c2cc(-c3ccccc3)cc(-c3ccc(N(c4ccccc4-c4ccccc4)c4cccc5c4-c4ccccc4C54c5ccccc5-c5ccccc54)cc3)c2)cc1. The summed E-state index contributed by atoms with van der Waals surface area (Å²) in [7, 11) is 0. The van der Waals surface area contributed by atoms with E-state index in [1.807, 2.05) is 0 Å². The predicted molar refractivity (Wildman–Crippen MR) is 259 cm³/mol. The fraction of sp³-hybridized carbons (Fsp3) is 0.0164. The molecule has 0 saturated heterocycles. The molecule has 10 aromatic rings.